The van der Waals surface area contributed by atoms with Crippen molar-refractivity contribution >= 4 is 29.3 Å². The quantitative estimate of drug-likeness (QED) is 0.297. The zero-order valence-electron chi connectivity index (χ0n) is 15.2. The van der Waals surface area contributed by atoms with Gasteiger partial charge >= 0.3 is 11.9 Å². The highest BCUT2D eigenvalue weighted by molar-refractivity contribution is 6.30. The van der Waals surface area contributed by atoms with Crippen LogP contribution in [0.25, 0.3) is 0 Å². The van der Waals surface area contributed by atoms with Crippen molar-refractivity contribution in [3.8, 4) is 0 Å². The number of benzene rings is 1. The maximum atomic E-state index is 12.4. The maximum Gasteiger partial charge on any atom is 0.333 e. The zero-order chi connectivity index (χ0) is 19.9. The molecule has 0 saturated heterocycles. The van der Waals surface area contributed by atoms with Crippen molar-refractivity contribution in [2.45, 2.75) is 33.6 Å². The summed E-state index contributed by atoms with van der Waals surface area (Å²) in [5, 5.41) is 12.7. The monoisotopic (exact) mass is 381 g/mol. The Morgan fingerprint density at radius 1 is 1.04 bits per heavy atom. The number of esters is 2. The van der Waals surface area contributed by atoms with Crippen LogP contribution in [0.4, 0.5) is 0 Å². The number of carbonyl (C=O) groups is 3. The second-order valence-corrected chi connectivity index (χ2v) is 6.00. The summed E-state index contributed by atoms with van der Waals surface area (Å²) >= 11 is 5.90. The number of rotatable bonds is 8. The molecule has 0 N–H and O–H groups in total. The summed E-state index contributed by atoms with van der Waals surface area (Å²) in [6.07, 6.45) is 0. The Balaban J connectivity index is 3.62. The first-order valence-electron chi connectivity index (χ1n) is 8.21. The summed E-state index contributed by atoms with van der Waals surface area (Å²) in [6, 6.07) is 6.22. The molecule has 1 aromatic carbocycles. The van der Waals surface area contributed by atoms with Gasteiger partial charge in [-0.1, -0.05) is 30.7 Å². The predicted molar refractivity (Wildman–Crippen MR) is 94.3 cm³/mol. The normalized spacial score (nSPS) is 14.0. The van der Waals surface area contributed by atoms with E-state index in [1.807, 2.05) is 0 Å². The van der Waals surface area contributed by atoms with Gasteiger partial charge in [-0.05, 0) is 38.5 Å². The molecule has 26 heavy (non-hydrogen) atoms. The molecule has 6 nitrogen and oxygen atoms in total. The number of allylic oxidation sites excluding steroid dienone is 1. The minimum Gasteiger partial charge on any atom is -0.875 e. The van der Waals surface area contributed by atoms with Crippen LogP contribution in [0, 0.1) is 5.92 Å². The Morgan fingerprint density at radius 3 is 2.00 bits per heavy atom. The summed E-state index contributed by atoms with van der Waals surface area (Å²) in [4.78, 5) is 37.1. The van der Waals surface area contributed by atoms with Gasteiger partial charge in [0.1, 0.15) is 11.7 Å². The number of ketones is 1. The number of Topliss-reactive ketones (excluding diaryl/α,β-unsaturated/α-hetero) is 1. The Morgan fingerprint density at radius 2 is 1.58 bits per heavy atom. The summed E-state index contributed by atoms with van der Waals surface area (Å²) < 4.78 is 9.97. The molecule has 0 spiro atoms. The molecule has 7 heteroatoms. The highest BCUT2D eigenvalue weighted by Gasteiger charge is 2.39. The van der Waals surface area contributed by atoms with E-state index in [-0.39, 0.29) is 18.8 Å². The second kappa shape index (κ2) is 9.97. The number of hydrogen-bond acceptors (Lipinski definition) is 6. The lowest BCUT2D eigenvalue weighted by atomic mass is 9.78. The molecule has 0 aliphatic rings. The van der Waals surface area contributed by atoms with Crippen molar-refractivity contribution in [3.63, 3.8) is 0 Å². The van der Waals surface area contributed by atoms with E-state index >= 15 is 0 Å². The molecule has 0 fully saturated rings. The summed E-state index contributed by atoms with van der Waals surface area (Å²) in [5.74, 6) is -5.25. The topological polar surface area (TPSA) is 92.7 Å². The van der Waals surface area contributed by atoms with Crippen LogP contribution < -0.4 is 5.11 Å². The lowest BCUT2D eigenvalue weighted by Crippen LogP contribution is -2.35. The Bertz CT molecular complexity index is 688. The largest absolute Gasteiger partial charge is 0.875 e. The highest BCUT2D eigenvalue weighted by atomic mass is 35.5. The lowest BCUT2D eigenvalue weighted by Gasteiger charge is -2.29. The molecule has 2 atom stereocenters. The molecule has 142 valence electrons. The SMILES string of the molecule is CCOC(=O)/C(=C(\C)[O-])C(c1ccc(Cl)cc1)C(C(C)=O)C(=O)OCC. The molecule has 1 rings (SSSR count). The van der Waals surface area contributed by atoms with Gasteiger partial charge in [-0.3, -0.25) is 9.59 Å². The third-order valence-electron chi connectivity index (χ3n) is 3.73. The van der Waals surface area contributed by atoms with E-state index < -0.39 is 35.3 Å². The van der Waals surface area contributed by atoms with E-state index in [0.29, 0.717) is 10.6 Å². The lowest BCUT2D eigenvalue weighted by molar-refractivity contribution is -0.303. The fourth-order valence-corrected chi connectivity index (χ4v) is 2.79. The van der Waals surface area contributed by atoms with Crippen molar-refractivity contribution < 1.29 is 29.0 Å². The van der Waals surface area contributed by atoms with Crippen molar-refractivity contribution in [2.24, 2.45) is 5.92 Å². The standard InChI is InChI=1S/C19H23ClO6/c1-5-25-18(23)15(11(3)21)17(13-7-9-14(20)10-8-13)16(12(4)22)19(24)26-6-2/h7-10,15,17,22H,5-6H2,1-4H3/p-1/b16-12+. The van der Waals surface area contributed by atoms with E-state index in [9.17, 15) is 19.5 Å². The van der Waals surface area contributed by atoms with Gasteiger partial charge in [-0.2, -0.15) is 0 Å². The minimum absolute atomic E-state index is 0.0487. The van der Waals surface area contributed by atoms with Crippen LogP contribution in [0.2, 0.25) is 5.02 Å². The Labute approximate surface area is 157 Å². The molecular weight excluding hydrogens is 360 g/mol. The van der Waals surface area contributed by atoms with Crippen LogP contribution in [0.15, 0.2) is 35.6 Å². The van der Waals surface area contributed by atoms with E-state index in [4.69, 9.17) is 21.1 Å². The Hall–Kier alpha value is -2.34. The van der Waals surface area contributed by atoms with Crippen LogP contribution in [0.3, 0.4) is 0 Å². The number of carbonyl (C=O) groups excluding carboxylic acids is 3. The minimum atomic E-state index is -1.35. The van der Waals surface area contributed by atoms with Crippen LogP contribution in [-0.2, 0) is 23.9 Å². The molecule has 2 unspecified atom stereocenters. The van der Waals surface area contributed by atoms with Gasteiger partial charge in [0.05, 0.1) is 13.2 Å². The fourth-order valence-electron chi connectivity index (χ4n) is 2.66. The molecule has 0 aliphatic carbocycles. The van der Waals surface area contributed by atoms with Crippen molar-refractivity contribution in [3.05, 3.63) is 46.2 Å². The third-order valence-corrected chi connectivity index (χ3v) is 3.98. The van der Waals surface area contributed by atoms with E-state index in [2.05, 4.69) is 0 Å². The molecule has 0 heterocycles. The summed E-state index contributed by atoms with van der Waals surface area (Å²) in [6.45, 7) is 5.72. The molecule has 0 amide bonds. The number of hydrogen-bond donors (Lipinski definition) is 0. The van der Waals surface area contributed by atoms with Crippen molar-refractivity contribution in [2.75, 3.05) is 13.2 Å². The van der Waals surface area contributed by atoms with Gasteiger partial charge in [-0.25, -0.2) is 4.79 Å². The summed E-state index contributed by atoms with van der Waals surface area (Å²) in [7, 11) is 0. The Kier molecular flexibility index (Phi) is 8.32. The third kappa shape index (κ3) is 5.33. The van der Waals surface area contributed by atoms with Gasteiger partial charge < -0.3 is 14.6 Å². The van der Waals surface area contributed by atoms with Crippen LogP contribution >= 0.6 is 11.6 Å². The average molecular weight is 382 g/mol. The zero-order valence-corrected chi connectivity index (χ0v) is 16.0. The van der Waals surface area contributed by atoms with E-state index in [0.717, 1.165) is 0 Å². The van der Waals surface area contributed by atoms with Gasteiger partial charge in [0.15, 0.2) is 0 Å². The van der Waals surface area contributed by atoms with Crippen molar-refractivity contribution in [1.82, 2.24) is 0 Å². The van der Waals surface area contributed by atoms with Gasteiger partial charge in [0.25, 0.3) is 0 Å². The first kappa shape index (κ1) is 21.7. The van der Waals surface area contributed by atoms with Crippen LogP contribution in [0.5, 0.6) is 0 Å². The van der Waals surface area contributed by atoms with Crippen molar-refractivity contribution in [1.29, 1.82) is 0 Å². The molecular formula is C19H22ClO6-. The molecule has 1 aromatic rings. The number of halogens is 1. The van der Waals surface area contributed by atoms with Gasteiger partial charge in [0, 0.05) is 16.5 Å². The summed E-state index contributed by atoms with van der Waals surface area (Å²) in [5.41, 5.74) is 0.142. The first-order valence-corrected chi connectivity index (χ1v) is 8.59. The smallest absolute Gasteiger partial charge is 0.333 e. The van der Waals surface area contributed by atoms with Crippen LogP contribution in [-0.4, -0.2) is 30.9 Å². The molecule has 0 bridgehead atoms. The maximum absolute atomic E-state index is 12.4. The molecule has 0 saturated carbocycles. The van der Waals surface area contributed by atoms with Crippen LogP contribution in [0.1, 0.15) is 39.2 Å². The second-order valence-electron chi connectivity index (χ2n) is 5.56. The highest BCUT2D eigenvalue weighted by Crippen LogP contribution is 2.36. The fraction of sp³-hybridized carbons (Fsp3) is 0.421. The van der Waals surface area contributed by atoms with E-state index in [1.54, 1.807) is 38.1 Å². The predicted octanol–water partition coefficient (Wildman–Crippen LogP) is 2.39. The first-order chi connectivity index (χ1) is 12.2. The molecule has 0 radical (unpaired) electrons. The molecule has 0 aromatic heterocycles. The van der Waals surface area contributed by atoms with Gasteiger partial charge in [0.2, 0.25) is 0 Å². The molecule has 0 aliphatic heterocycles. The number of ether oxygens (including phenoxy) is 2. The average Bonchev–Trinajstić information content (AvgIpc) is 2.55. The van der Waals surface area contributed by atoms with Gasteiger partial charge in [-0.15, -0.1) is 5.76 Å². The van der Waals surface area contributed by atoms with E-state index in [1.165, 1.54) is 13.8 Å².